The second kappa shape index (κ2) is 9.20. The van der Waals surface area contributed by atoms with E-state index in [9.17, 15) is 5.11 Å². The van der Waals surface area contributed by atoms with Crippen LogP contribution in [-0.4, -0.2) is 42.9 Å². The predicted octanol–water partition coefficient (Wildman–Crippen LogP) is 4.19. The first-order valence-electron chi connectivity index (χ1n) is 9.70. The summed E-state index contributed by atoms with van der Waals surface area (Å²) in [5.41, 5.74) is 1.44. The van der Waals surface area contributed by atoms with Crippen LogP contribution in [0.5, 0.6) is 5.75 Å². The van der Waals surface area contributed by atoms with E-state index in [1.165, 1.54) is 18.7 Å². The molecule has 2 fully saturated rings. The van der Waals surface area contributed by atoms with Crippen LogP contribution in [0.1, 0.15) is 31.2 Å². The maximum atomic E-state index is 9.66. The standard InChI is InChI=1S/C16H23NO.C7H8O/c1-12(13-5-3-2-4-6-13)9-17-10-14-7-16(18)8-15(14)11-17;1-8-7-5-3-2-4-6-7/h2-6,12,14-16,18H,7-11H2,1H3;2-6H,1H3/t12?,14-,15+,16?;. The van der Waals surface area contributed by atoms with Gasteiger partial charge in [0.25, 0.3) is 0 Å². The van der Waals surface area contributed by atoms with Crippen LogP contribution >= 0.6 is 0 Å². The van der Waals surface area contributed by atoms with Gasteiger partial charge in [0.2, 0.25) is 0 Å². The number of rotatable bonds is 4. The van der Waals surface area contributed by atoms with E-state index in [0.29, 0.717) is 5.92 Å². The highest BCUT2D eigenvalue weighted by Crippen LogP contribution is 2.38. The number of ether oxygens (including phenoxy) is 1. The van der Waals surface area contributed by atoms with Gasteiger partial charge in [0.1, 0.15) is 5.75 Å². The van der Waals surface area contributed by atoms with Crippen LogP contribution in [0.2, 0.25) is 0 Å². The van der Waals surface area contributed by atoms with E-state index in [1.807, 2.05) is 30.3 Å². The molecule has 1 saturated carbocycles. The Morgan fingerprint density at radius 3 is 2.00 bits per heavy atom. The minimum absolute atomic E-state index is 0.0197. The van der Waals surface area contributed by atoms with Crippen molar-refractivity contribution in [3.05, 3.63) is 66.2 Å². The molecular weight excluding hydrogens is 322 g/mol. The SMILES string of the molecule is CC(CN1C[C@H]2CC(O)C[C@H]2C1)c1ccccc1.COc1ccccc1. The molecule has 0 radical (unpaired) electrons. The Morgan fingerprint density at radius 1 is 0.962 bits per heavy atom. The normalized spacial score (nSPS) is 25.9. The summed E-state index contributed by atoms with van der Waals surface area (Å²) in [5.74, 6) is 3.02. The molecule has 1 saturated heterocycles. The number of likely N-dealkylation sites (tertiary alicyclic amines) is 1. The van der Waals surface area contributed by atoms with Crippen molar-refractivity contribution in [1.82, 2.24) is 4.90 Å². The predicted molar refractivity (Wildman–Crippen MR) is 107 cm³/mol. The lowest BCUT2D eigenvalue weighted by atomic mass is 10.0. The fourth-order valence-corrected chi connectivity index (χ4v) is 4.35. The Kier molecular flexibility index (Phi) is 6.70. The third-order valence-corrected chi connectivity index (χ3v) is 5.68. The molecule has 140 valence electrons. The average molecular weight is 354 g/mol. The summed E-state index contributed by atoms with van der Waals surface area (Å²) in [6, 6.07) is 20.5. The molecule has 3 nitrogen and oxygen atoms in total. The first-order chi connectivity index (χ1) is 12.7. The molecule has 3 heteroatoms. The number of aliphatic hydroxyl groups excluding tert-OH is 1. The van der Waals surface area contributed by atoms with E-state index < -0.39 is 0 Å². The third kappa shape index (κ3) is 5.09. The largest absolute Gasteiger partial charge is 0.497 e. The molecule has 1 heterocycles. The Morgan fingerprint density at radius 2 is 1.50 bits per heavy atom. The highest BCUT2D eigenvalue weighted by atomic mass is 16.5. The Balaban J connectivity index is 0.000000206. The van der Waals surface area contributed by atoms with Gasteiger partial charge in [0.15, 0.2) is 0 Å². The number of hydrogen-bond acceptors (Lipinski definition) is 3. The maximum absolute atomic E-state index is 9.66. The summed E-state index contributed by atoms with van der Waals surface area (Å²) in [6.07, 6.45) is 2.04. The van der Waals surface area contributed by atoms with Gasteiger partial charge >= 0.3 is 0 Å². The first-order valence-corrected chi connectivity index (χ1v) is 9.70. The minimum atomic E-state index is -0.0197. The van der Waals surface area contributed by atoms with Gasteiger partial charge in [0, 0.05) is 19.6 Å². The highest BCUT2D eigenvalue weighted by molar-refractivity contribution is 5.20. The number of benzene rings is 2. The van der Waals surface area contributed by atoms with Crippen LogP contribution in [0.4, 0.5) is 0 Å². The van der Waals surface area contributed by atoms with Gasteiger partial charge in [-0.3, -0.25) is 0 Å². The lowest BCUT2D eigenvalue weighted by molar-refractivity contribution is 0.161. The fraction of sp³-hybridized carbons (Fsp3) is 0.478. The van der Waals surface area contributed by atoms with E-state index in [0.717, 1.165) is 37.0 Å². The third-order valence-electron chi connectivity index (χ3n) is 5.68. The van der Waals surface area contributed by atoms with Crippen molar-refractivity contribution in [1.29, 1.82) is 0 Å². The molecule has 0 aromatic heterocycles. The number of nitrogens with zero attached hydrogens (tertiary/aromatic N) is 1. The van der Waals surface area contributed by atoms with Gasteiger partial charge in [-0.25, -0.2) is 0 Å². The van der Waals surface area contributed by atoms with E-state index >= 15 is 0 Å². The molecule has 26 heavy (non-hydrogen) atoms. The molecule has 2 aliphatic rings. The zero-order chi connectivity index (χ0) is 18.4. The molecule has 2 aromatic rings. The van der Waals surface area contributed by atoms with E-state index in [2.05, 4.69) is 42.2 Å². The highest BCUT2D eigenvalue weighted by Gasteiger charge is 2.40. The molecule has 4 atom stereocenters. The van der Waals surface area contributed by atoms with Crippen molar-refractivity contribution in [3.63, 3.8) is 0 Å². The van der Waals surface area contributed by atoms with E-state index in [-0.39, 0.29) is 6.10 Å². The topological polar surface area (TPSA) is 32.7 Å². The summed E-state index contributed by atoms with van der Waals surface area (Å²) >= 11 is 0. The van der Waals surface area contributed by atoms with Gasteiger partial charge in [-0.15, -0.1) is 0 Å². The molecule has 0 spiro atoms. The molecule has 1 N–H and O–H groups in total. The van der Waals surface area contributed by atoms with E-state index in [4.69, 9.17) is 4.74 Å². The van der Waals surface area contributed by atoms with Crippen LogP contribution in [-0.2, 0) is 0 Å². The van der Waals surface area contributed by atoms with Crippen molar-refractivity contribution in [2.24, 2.45) is 11.8 Å². The van der Waals surface area contributed by atoms with Crippen molar-refractivity contribution in [3.8, 4) is 5.75 Å². The van der Waals surface area contributed by atoms with Gasteiger partial charge in [-0.1, -0.05) is 55.5 Å². The zero-order valence-corrected chi connectivity index (χ0v) is 15.9. The molecule has 4 rings (SSSR count). The lowest BCUT2D eigenvalue weighted by Gasteiger charge is -2.22. The smallest absolute Gasteiger partial charge is 0.118 e. The van der Waals surface area contributed by atoms with Gasteiger partial charge < -0.3 is 14.7 Å². The minimum Gasteiger partial charge on any atom is -0.497 e. The van der Waals surface area contributed by atoms with Crippen LogP contribution in [0.25, 0.3) is 0 Å². The quantitative estimate of drug-likeness (QED) is 0.895. The summed E-state index contributed by atoms with van der Waals surface area (Å²) in [4.78, 5) is 2.60. The van der Waals surface area contributed by atoms with Gasteiger partial charge in [-0.05, 0) is 48.3 Å². The van der Waals surface area contributed by atoms with Crippen molar-refractivity contribution < 1.29 is 9.84 Å². The number of methoxy groups -OCH3 is 1. The summed E-state index contributed by atoms with van der Waals surface area (Å²) in [7, 11) is 1.66. The zero-order valence-electron chi connectivity index (χ0n) is 15.9. The number of fused-ring (bicyclic) bond motifs is 1. The molecule has 0 amide bonds. The van der Waals surface area contributed by atoms with Crippen molar-refractivity contribution in [2.45, 2.75) is 31.8 Å². The van der Waals surface area contributed by atoms with Gasteiger partial charge in [0.05, 0.1) is 13.2 Å². The number of aliphatic hydroxyl groups is 1. The average Bonchev–Trinajstić information content (AvgIpc) is 3.20. The Labute approximate surface area is 157 Å². The number of hydrogen-bond donors (Lipinski definition) is 1. The molecule has 0 bridgehead atoms. The monoisotopic (exact) mass is 353 g/mol. The van der Waals surface area contributed by atoms with Crippen LogP contribution in [0, 0.1) is 11.8 Å². The second-order valence-corrected chi connectivity index (χ2v) is 7.69. The summed E-state index contributed by atoms with van der Waals surface area (Å²) in [6.45, 7) is 5.86. The molecule has 2 aromatic carbocycles. The van der Waals surface area contributed by atoms with Crippen LogP contribution in [0.3, 0.4) is 0 Å². The first kappa shape index (κ1) is 18.9. The Hall–Kier alpha value is -1.84. The number of para-hydroxylation sites is 1. The molecule has 2 unspecified atom stereocenters. The fourth-order valence-electron chi connectivity index (χ4n) is 4.35. The molecule has 1 aliphatic carbocycles. The lowest BCUT2D eigenvalue weighted by Crippen LogP contribution is -2.27. The van der Waals surface area contributed by atoms with Crippen LogP contribution < -0.4 is 4.74 Å². The Bertz CT molecular complexity index is 632. The van der Waals surface area contributed by atoms with Gasteiger partial charge in [-0.2, -0.15) is 0 Å². The maximum Gasteiger partial charge on any atom is 0.118 e. The summed E-state index contributed by atoms with van der Waals surface area (Å²) in [5, 5.41) is 9.66. The second-order valence-electron chi connectivity index (χ2n) is 7.69. The molecular formula is C23H31NO2. The molecule has 1 aliphatic heterocycles. The van der Waals surface area contributed by atoms with E-state index in [1.54, 1.807) is 7.11 Å². The van der Waals surface area contributed by atoms with Crippen LogP contribution in [0.15, 0.2) is 60.7 Å². The summed E-state index contributed by atoms with van der Waals surface area (Å²) < 4.78 is 4.91. The van der Waals surface area contributed by atoms with Crippen molar-refractivity contribution in [2.75, 3.05) is 26.7 Å². The van der Waals surface area contributed by atoms with Crippen molar-refractivity contribution >= 4 is 0 Å².